The third kappa shape index (κ3) is 5.39. The molecule has 1 N–H and O–H groups in total. The van der Waals surface area contributed by atoms with Crippen molar-refractivity contribution in [2.45, 2.75) is 11.5 Å². The fraction of sp³-hybridized carbons (Fsp3) is 0.316. The Balaban J connectivity index is 1.62. The molecule has 29 heavy (non-hydrogen) atoms. The fourth-order valence-corrected chi connectivity index (χ4v) is 3.91. The highest BCUT2D eigenvalue weighted by molar-refractivity contribution is 7.89. The largest absolute Gasteiger partial charge is 0.486 e. The number of carbonyl (C=O) groups is 1. The lowest BCUT2D eigenvalue weighted by Gasteiger charge is -2.20. The monoisotopic (exact) mass is 441 g/mol. The van der Waals surface area contributed by atoms with Crippen LogP contribution in [0, 0.1) is 0 Å². The molecule has 2 aromatic rings. The van der Waals surface area contributed by atoms with Gasteiger partial charge in [-0.1, -0.05) is 11.6 Å². The first-order chi connectivity index (χ1) is 13.9. The molecule has 0 spiro atoms. The zero-order chi connectivity index (χ0) is 20.9. The van der Waals surface area contributed by atoms with E-state index in [1.165, 1.54) is 31.4 Å². The van der Waals surface area contributed by atoms with Crippen LogP contribution in [-0.4, -0.2) is 47.9 Å². The van der Waals surface area contributed by atoms with E-state index in [-0.39, 0.29) is 30.2 Å². The van der Waals surface area contributed by atoms with Gasteiger partial charge in [0.1, 0.15) is 19.8 Å². The van der Waals surface area contributed by atoms with E-state index in [0.29, 0.717) is 35.3 Å². The molecule has 0 radical (unpaired) electrons. The molecule has 0 unspecified atom stereocenters. The van der Waals surface area contributed by atoms with Crippen LogP contribution in [0.4, 0.5) is 0 Å². The number of ether oxygens (including phenoxy) is 4. The van der Waals surface area contributed by atoms with Gasteiger partial charge in [0.2, 0.25) is 10.0 Å². The Morgan fingerprint density at radius 1 is 1.17 bits per heavy atom. The summed E-state index contributed by atoms with van der Waals surface area (Å²) in [7, 11) is -2.19. The lowest BCUT2D eigenvalue weighted by atomic mass is 10.2. The molecule has 8 nitrogen and oxygen atoms in total. The predicted molar refractivity (Wildman–Crippen MR) is 105 cm³/mol. The minimum Gasteiger partial charge on any atom is -0.486 e. The molecule has 0 bridgehead atoms. The minimum absolute atomic E-state index is 0.0200. The second kappa shape index (κ2) is 9.45. The van der Waals surface area contributed by atoms with E-state index in [0.717, 1.165) is 0 Å². The number of hydrogen-bond acceptors (Lipinski definition) is 7. The maximum Gasteiger partial charge on any atom is 0.338 e. The Morgan fingerprint density at radius 3 is 2.62 bits per heavy atom. The molecule has 0 fully saturated rings. The summed E-state index contributed by atoms with van der Waals surface area (Å²) in [6.07, 6.45) is 0. The van der Waals surface area contributed by atoms with E-state index in [2.05, 4.69) is 4.72 Å². The molecule has 3 rings (SSSR count). The summed E-state index contributed by atoms with van der Waals surface area (Å²) in [5, 5.41) is 0.379. The van der Waals surface area contributed by atoms with E-state index < -0.39 is 16.0 Å². The van der Waals surface area contributed by atoms with Gasteiger partial charge in [0.15, 0.2) is 11.5 Å². The third-order valence-corrected chi connectivity index (χ3v) is 5.78. The molecule has 1 heterocycles. The molecule has 0 aliphatic carbocycles. The molecular formula is C19H20ClNO7S. The number of fused-ring (bicyclic) bond motifs is 1. The van der Waals surface area contributed by atoms with Gasteiger partial charge >= 0.3 is 5.97 Å². The number of nitrogens with one attached hydrogen (secondary N) is 1. The van der Waals surface area contributed by atoms with Gasteiger partial charge < -0.3 is 18.9 Å². The van der Waals surface area contributed by atoms with Crippen LogP contribution in [0.2, 0.25) is 5.02 Å². The summed E-state index contributed by atoms with van der Waals surface area (Å²) in [5.74, 6) is 0.390. The second-order valence-electron chi connectivity index (χ2n) is 6.09. The number of halogens is 1. The summed E-state index contributed by atoms with van der Waals surface area (Å²) >= 11 is 6.17. The predicted octanol–water partition coefficient (Wildman–Crippen LogP) is 2.39. The summed E-state index contributed by atoms with van der Waals surface area (Å²) in [6.45, 7) is 1.23. The molecule has 10 heteroatoms. The highest BCUT2D eigenvalue weighted by Crippen LogP contribution is 2.38. The number of esters is 1. The average molecular weight is 442 g/mol. The first kappa shape index (κ1) is 21.4. The van der Waals surface area contributed by atoms with Crippen molar-refractivity contribution >= 4 is 27.6 Å². The van der Waals surface area contributed by atoms with Crippen LogP contribution < -0.4 is 14.2 Å². The first-order valence-electron chi connectivity index (χ1n) is 8.74. The van der Waals surface area contributed by atoms with Crippen LogP contribution in [-0.2, 0) is 26.1 Å². The van der Waals surface area contributed by atoms with Gasteiger partial charge in [-0.3, -0.25) is 0 Å². The van der Waals surface area contributed by atoms with Gasteiger partial charge in [0, 0.05) is 13.7 Å². The van der Waals surface area contributed by atoms with Crippen LogP contribution in [0.15, 0.2) is 41.3 Å². The van der Waals surface area contributed by atoms with Crippen LogP contribution in [0.25, 0.3) is 0 Å². The van der Waals surface area contributed by atoms with Crippen molar-refractivity contribution in [1.82, 2.24) is 4.72 Å². The quantitative estimate of drug-likeness (QED) is 0.496. The van der Waals surface area contributed by atoms with Crippen molar-refractivity contribution in [2.24, 2.45) is 0 Å². The van der Waals surface area contributed by atoms with E-state index in [9.17, 15) is 13.2 Å². The van der Waals surface area contributed by atoms with Crippen LogP contribution in [0.3, 0.4) is 0 Å². The smallest absolute Gasteiger partial charge is 0.338 e. The molecule has 0 amide bonds. The van der Waals surface area contributed by atoms with Gasteiger partial charge in [0.25, 0.3) is 0 Å². The number of hydrogen-bond donors (Lipinski definition) is 1. The topological polar surface area (TPSA) is 100 Å². The Bertz CT molecular complexity index is 977. The van der Waals surface area contributed by atoms with Crippen molar-refractivity contribution in [3.05, 3.63) is 52.5 Å². The molecule has 0 atom stereocenters. The van der Waals surface area contributed by atoms with E-state index in [1.807, 2.05) is 0 Å². The number of methoxy groups -OCH3 is 1. The maximum atomic E-state index is 12.3. The average Bonchev–Trinajstić information content (AvgIpc) is 2.72. The first-order valence-corrected chi connectivity index (χ1v) is 10.6. The van der Waals surface area contributed by atoms with Gasteiger partial charge in [-0.25, -0.2) is 17.9 Å². The number of rotatable bonds is 8. The molecule has 0 aromatic heterocycles. The Kier molecular flexibility index (Phi) is 6.96. The standard InChI is InChI=1S/C19H20ClNO7S/c1-25-7-6-21-29(23,24)15-4-2-14(3-5-15)19(22)28-12-13-10-16(20)18-17(11-13)26-8-9-27-18/h2-5,10-11,21H,6-9,12H2,1H3. The van der Waals surface area contributed by atoms with Gasteiger partial charge in [-0.05, 0) is 42.0 Å². The zero-order valence-corrected chi connectivity index (χ0v) is 17.2. The van der Waals surface area contributed by atoms with E-state index in [4.69, 9.17) is 30.5 Å². The van der Waals surface area contributed by atoms with E-state index in [1.54, 1.807) is 12.1 Å². The molecule has 1 aliphatic heterocycles. The molecule has 2 aromatic carbocycles. The summed E-state index contributed by atoms with van der Waals surface area (Å²) in [5.41, 5.74) is 0.874. The normalized spacial score (nSPS) is 13.2. The molecule has 156 valence electrons. The van der Waals surface area contributed by atoms with Gasteiger partial charge in [-0.2, -0.15) is 0 Å². The number of benzene rings is 2. The maximum absolute atomic E-state index is 12.3. The van der Waals surface area contributed by atoms with Gasteiger partial charge in [-0.15, -0.1) is 0 Å². The van der Waals surface area contributed by atoms with Crippen molar-refractivity contribution < 1.29 is 32.2 Å². The van der Waals surface area contributed by atoms with Crippen LogP contribution in [0.1, 0.15) is 15.9 Å². The van der Waals surface area contributed by atoms with E-state index >= 15 is 0 Å². The summed E-state index contributed by atoms with van der Waals surface area (Å²) in [4.78, 5) is 12.3. The fourth-order valence-electron chi connectivity index (χ4n) is 2.61. The van der Waals surface area contributed by atoms with Crippen molar-refractivity contribution in [2.75, 3.05) is 33.5 Å². The van der Waals surface area contributed by atoms with Crippen molar-refractivity contribution in [3.63, 3.8) is 0 Å². The Hall–Kier alpha value is -2.33. The number of sulfonamides is 1. The SMILES string of the molecule is COCCNS(=O)(=O)c1ccc(C(=O)OCc2cc(Cl)c3c(c2)OCCO3)cc1. The lowest BCUT2D eigenvalue weighted by molar-refractivity contribution is 0.0472. The molecule has 1 aliphatic rings. The van der Waals surface area contributed by atoms with Crippen molar-refractivity contribution in [3.8, 4) is 11.5 Å². The zero-order valence-electron chi connectivity index (χ0n) is 15.6. The Morgan fingerprint density at radius 2 is 1.90 bits per heavy atom. The molecule has 0 saturated heterocycles. The van der Waals surface area contributed by atoms with Crippen molar-refractivity contribution in [1.29, 1.82) is 0 Å². The highest BCUT2D eigenvalue weighted by Gasteiger charge is 2.18. The summed E-state index contributed by atoms with van der Waals surface area (Å²) < 4.78 is 47.7. The van der Waals surface area contributed by atoms with Gasteiger partial charge in [0.05, 0.1) is 22.1 Å². The highest BCUT2D eigenvalue weighted by atomic mass is 35.5. The van der Waals surface area contributed by atoms with Crippen LogP contribution in [0.5, 0.6) is 11.5 Å². The Labute approximate surface area is 173 Å². The lowest BCUT2D eigenvalue weighted by Crippen LogP contribution is -2.27. The minimum atomic E-state index is -3.67. The third-order valence-electron chi connectivity index (χ3n) is 4.03. The molecule has 0 saturated carbocycles. The second-order valence-corrected chi connectivity index (χ2v) is 8.27. The molecular weight excluding hydrogens is 422 g/mol. The van der Waals surface area contributed by atoms with Crippen LogP contribution >= 0.6 is 11.6 Å². The summed E-state index contributed by atoms with van der Waals surface area (Å²) in [6, 6.07) is 8.81. The number of carbonyl (C=O) groups excluding carboxylic acids is 1.